The van der Waals surface area contributed by atoms with E-state index in [-0.39, 0.29) is 6.61 Å². The van der Waals surface area contributed by atoms with Gasteiger partial charge in [0, 0.05) is 15.7 Å². The Morgan fingerprint density at radius 1 is 1.21 bits per heavy atom. The molecule has 7 heteroatoms. The summed E-state index contributed by atoms with van der Waals surface area (Å²) >= 11 is 11.5. The minimum absolute atomic E-state index is 0.224. The molecule has 0 aliphatic heterocycles. The van der Waals surface area contributed by atoms with E-state index in [4.69, 9.17) is 28.3 Å². The van der Waals surface area contributed by atoms with Crippen molar-refractivity contribution in [3.05, 3.63) is 28.2 Å². The minimum atomic E-state index is -0.842. The third-order valence-electron chi connectivity index (χ3n) is 2.38. The lowest BCUT2D eigenvalue weighted by molar-refractivity contribution is -0.136. The van der Waals surface area contributed by atoms with Gasteiger partial charge in [0.15, 0.2) is 0 Å². The van der Waals surface area contributed by atoms with Crippen molar-refractivity contribution >= 4 is 40.7 Å². The number of aliphatic hydroxyl groups is 1. The number of amides is 2. The van der Waals surface area contributed by atoms with Crippen LogP contribution < -0.4 is 10.6 Å². The Kier molecular flexibility index (Phi) is 6.08. The van der Waals surface area contributed by atoms with E-state index >= 15 is 0 Å². The first-order valence-corrected chi connectivity index (χ1v) is 6.40. The van der Waals surface area contributed by atoms with E-state index in [0.29, 0.717) is 22.2 Å². The molecule has 0 unspecified atom stereocenters. The summed E-state index contributed by atoms with van der Waals surface area (Å²) in [5.74, 6) is -1.66. The molecule has 0 spiro atoms. The first-order valence-electron chi connectivity index (χ1n) is 5.65. The van der Waals surface area contributed by atoms with Crippen LogP contribution in [0.1, 0.15) is 13.3 Å². The van der Waals surface area contributed by atoms with E-state index in [1.807, 2.05) is 0 Å². The molecule has 104 valence electrons. The standard InChI is InChI=1S/C12H14Cl2N2O3/c1-2-9(6-17)15-11(18)12(19)16-10-4-7(13)3-8(14)5-10/h3-5,9,17H,2,6H2,1H3,(H,15,18)(H,16,19)/t9-/m0/s1. The van der Waals surface area contributed by atoms with Crippen molar-refractivity contribution in [3.8, 4) is 0 Å². The normalized spacial score (nSPS) is 11.8. The number of nitrogens with one attached hydrogen (secondary N) is 2. The minimum Gasteiger partial charge on any atom is -0.394 e. The number of benzene rings is 1. The van der Waals surface area contributed by atoms with Crippen LogP contribution in [-0.4, -0.2) is 29.6 Å². The van der Waals surface area contributed by atoms with Crippen LogP contribution in [0.3, 0.4) is 0 Å². The Labute approximate surface area is 120 Å². The van der Waals surface area contributed by atoms with Gasteiger partial charge < -0.3 is 15.7 Å². The Morgan fingerprint density at radius 2 is 1.79 bits per heavy atom. The molecule has 1 aromatic rings. The summed E-state index contributed by atoms with van der Waals surface area (Å²) in [6, 6.07) is 4.02. The molecule has 0 saturated heterocycles. The highest BCUT2D eigenvalue weighted by Crippen LogP contribution is 2.22. The molecule has 3 N–H and O–H groups in total. The molecule has 19 heavy (non-hydrogen) atoms. The zero-order chi connectivity index (χ0) is 14.4. The number of carbonyl (C=O) groups is 2. The van der Waals surface area contributed by atoms with E-state index in [1.54, 1.807) is 6.92 Å². The number of aliphatic hydroxyl groups excluding tert-OH is 1. The molecule has 1 atom stereocenters. The topological polar surface area (TPSA) is 78.4 Å². The Balaban J connectivity index is 2.66. The third kappa shape index (κ3) is 5.06. The van der Waals surface area contributed by atoms with Gasteiger partial charge in [-0.15, -0.1) is 0 Å². The molecule has 0 radical (unpaired) electrons. The van der Waals surface area contributed by atoms with Gasteiger partial charge in [0.2, 0.25) is 0 Å². The van der Waals surface area contributed by atoms with Crippen molar-refractivity contribution in [2.75, 3.05) is 11.9 Å². The highest BCUT2D eigenvalue weighted by atomic mass is 35.5. The second kappa shape index (κ2) is 7.33. The molecule has 0 saturated carbocycles. The van der Waals surface area contributed by atoms with Gasteiger partial charge in [-0.05, 0) is 24.6 Å². The van der Waals surface area contributed by atoms with Gasteiger partial charge in [-0.1, -0.05) is 30.1 Å². The van der Waals surface area contributed by atoms with E-state index in [2.05, 4.69) is 10.6 Å². The van der Waals surface area contributed by atoms with Crippen LogP contribution in [0.5, 0.6) is 0 Å². The Bertz CT molecular complexity index is 456. The van der Waals surface area contributed by atoms with Crippen LogP contribution in [0.15, 0.2) is 18.2 Å². The fraction of sp³-hybridized carbons (Fsp3) is 0.333. The summed E-state index contributed by atoms with van der Waals surface area (Å²) < 4.78 is 0. The smallest absolute Gasteiger partial charge is 0.313 e. The zero-order valence-electron chi connectivity index (χ0n) is 10.2. The van der Waals surface area contributed by atoms with Gasteiger partial charge in [0.05, 0.1) is 12.6 Å². The van der Waals surface area contributed by atoms with Gasteiger partial charge in [-0.2, -0.15) is 0 Å². The summed E-state index contributed by atoms with van der Waals surface area (Å²) in [4.78, 5) is 23.2. The quantitative estimate of drug-likeness (QED) is 0.742. The number of halogens is 2. The second-order valence-electron chi connectivity index (χ2n) is 3.87. The number of hydrogen-bond donors (Lipinski definition) is 3. The van der Waals surface area contributed by atoms with Crippen LogP contribution in [-0.2, 0) is 9.59 Å². The molecule has 0 fully saturated rings. The van der Waals surface area contributed by atoms with Crippen LogP contribution >= 0.6 is 23.2 Å². The maximum atomic E-state index is 11.6. The summed E-state index contributed by atoms with van der Waals surface area (Å²) in [5.41, 5.74) is 0.328. The van der Waals surface area contributed by atoms with E-state index in [1.165, 1.54) is 18.2 Å². The lowest BCUT2D eigenvalue weighted by Gasteiger charge is -2.13. The summed E-state index contributed by atoms with van der Waals surface area (Å²) in [7, 11) is 0. The molecule has 2 amide bonds. The van der Waals surface area contributed by atoms with Gasteiger partial charge in [-0.25, -0.2) is 0 Å². The van der Waals surface area contributed by atoms with Crippen molar-refractivity contribution < 1.29 is 14.7 Å². The molecule has 0 heterocycles. The van der Waals surface area contributed by atoms with Crippen LogP contribution in [0.2, 0.25) is 10.0 Å². The maximum Gasteiger partial charge on any atom is 0.313 e. The van der Waals surface area contributed by atoms with Crippen molar-refractivity contribution in [2.24, 2.45) is 0 Å². The summed E-state index contributed by atoms with van der Waals surface area (Å²) in [6.07, 6.45) is 0.526. The molecule has 1 aromatic carbocycles. The van der Waals surface area contributed by atoms with Crippen LogP contribution in [0.4, 0.5) is 5.69 Å². The van der Waals surface area contributed by atoms with Crippen molar-refractivity contribution in [1.82, 2.24) is 5.32 Å². The second-order valence-corrected chi connectivity index (χ2v) is 4.75. The zero-order valence-corrected chi connectivity index (χ0v) is 11.8. The number of hydrogen-bond acceptors (Lipinski definition) is 3. The fourth-order valence-electron chi connectivity index (χ4n) is 1.34. The average molecular weight is 305 g/mol. The predicted octanol–water partition coefficient (Wildman–Crippen LogP) is 1.82. The van der Waals surface area contributed by atoms with E-state index < -0.39 is 17.9 Å². The van der Waals surface area contributed by atoms with Crippen LogP contribution in [0, 0.1) is 0 Å². The van der Waals surface area contributed by atoms with E-state index in [0.717, 1.165) is 0 Å². The SMILES string of the molecule is CC[C@@H](CO)NC(=O)C(=O)Nc1cc(Cl)cc(Cl)c1. The van der Waals surface area contributed by atoms with Crippen molar-refractivity contribution in [2.45, 2.75) is 19.4 Å². The highest BCUT2D eigenvalue weighted by Gasteiger charge is 2.17. The lowest BCUT2D eigenvalue weighted by atomic mass is 10.2. The largest absolute Gasteiger partial charge is 0.394 e. The monoisotopic (exact) mass is 304 g/mol. The molecular formula is C12H14Cl2N2O3. The van der Waals surface area contributed by atoms with Gasteiger partial charge in [0.1, 0.15) is 0 Å². The van der Waals surface area contributed by atoms with Crippen LogP contribution in [0.25, 0.3) is 0 Å². The van der Waals surface area contributed by atoms with Crippen molar-refractivity contribution in [1.29, 1.82) is 0 Å². The van der Waals surface area contributed by atoms with Crippen molar-refractivity contribution in [3.63, 3.8) is 0 Å². The Morgan fingerprint density at radius 3 is 2.26 bits per heavy atom. The molecule has 0 aliphatic rings. The average Bonchev–Trinajstić information content (AvgIpc) is 2.34. The maximum absolute atomic E-state index is 11.6. The highest BCUT2D eigenvalue weighted by molar-refractivity contribution is 6.40. The predicted molar refractivity (Wildman–Crippen MR) is 74.4 cm³/mol. The third-order valence-corrected chi connectivity index (χ3v) is 2.81. The fourth-order valence-corrected chi connectivity index (χ4v) is 1.87. The molecule has 0 aliphatic carbocycles. The Hall–Kier alpha value is -1.30. The summed E-state index contributed by atoms with van der Waals surface area (Å²) in [5, 5.41) is 14.4. The first-order chi connectivity index (χ1) is 8.96. The number of carbonyl (C=O) groups excluding carboxylic acids is 2. The molecular weight excluding hydrogens is 291 g/mol. The lowest BCUT2D eigenvalue weighted by Crippen LogP contribution is -2.43. The first kappa shape index (κ1) is 15.8. The van der Waals surface area contributed by atoms with Gasteiger partial charge in [0.25, 0.3) is 0 Å². The number of anilines is 1. The molecule has 0 aromatic heterocycles. The summed E-state index contributed by atoms with van der Waals surface area (Å²) in [6.45, 7) is 1.56. The molecule has 5 nitrogen and oxygen atoms in total. The molecule has 1 rings (SSSR count). The van der Waals surface area contributed by atoms with Gasteiger partial charge in [-0.3, -0.25) is 9.59 Å². The molecule has 0 bridgehead atoms. The van der Waals surface area contributed by atoms with E-state index in [9.17, 15) is 9.59 Å². The number of rotatable bonds is 4. The van der Waals surface area contributed by atoms with Gasteiger partial charge >= 0.3 is 11.8 Å².